The Balaban J connectivity index is 1.52. The van der Waals surface area contributed by atoms with Gasteiger partial charge in [-0.1, -0.05) is 0 Å². The van der Waals surface area contributed by atoms with Gasteiger partial charge in [-0.15, -0.1) is 0 Å². The highest BCUT2D eigenvalue weighted by molar-refractivity contribution is 5.91. The lowest BCUT2D eigenvalue weighted by Gasteiger charge is -2.43. The third kappa shape index (κ3) is 17.7. The van der Waals surface area contributed by atoms with Gasteiger partial charge in [0.25, 0.3) is 0 Å². The molecule has 492 valence electrons. The van der Waals surface area contributed by atoms with Gasteiger partial charge in [-0.2, -0.15) is 0 Å². The van der Waals surface area contributed by atoms with E-state index in [1.165, 1.54) is 161 Å². The van der Waals surface area contributed by atoms with Crippen molar-refractivity contribution in [1.29, 1.82) is 0 Å². The zero-order valence-electron chi connectivity index (χ0n) is 53.3. The first-order chi connectivity index (χ1) is 44.4. The first-order valence-corrected chi connectivity index (χ1v) is 27.5. The van der Waals surface area contributed by atoms with Crippen LogP contribution in [0.25, 0.3) is 30.4 Å². The lowest BCUT2D eigenvalue weighted by Crippen LogP contribution is -2.63. The quantitative estimate of drug-likeness (QED) is 0.0229. The fourth-order valence-electron chi connectivity index (χ4n) is 9.20. The zero-order chi connectivity index (χ0) is 67.0. The van der Waals surface area contributed by atoms with E-state index in [1.807, 2.05) is 0 Å². The summed E-state index contributed by atoms with van der Waals surface area (Å²) in [5.74, 6) is -1.66. The van der Waals surface area contributed by atoms with Gasteiger partial charge in [0.05, 0.1) is 107 Å². The number of rotatable bonds is 31. The van der Waals surface area contributed by atoms with Crippen LogP contribution in [0.5, 0.6) is 86.2 Å². The molecule has 5 atom stereocenters. The summed E-state index contributed by atoms with van der Waals surface area (Å²) in [5.41, 5.74) is 1.83. The molecule has 1 saturated heterocycles. The van der Waals surface area contributed by atoms with Crippen LogP contribution in [0.15, 0.2) is 91.0 Å². The summed E-state index contributed by atoms with van der Waals surface area (Å²) in [6.45, 7) is -0.820. The Labute approximate surface area is 531 Å². The minimum Gasteiger partial charge on any atom is -0.493 e. The number of carbonyl (C=O) groups excluding carboxylic acids is 5. The van der Waals surface area contributed by atoms with Crippen molar-refractivity contribution >= 4 is 60.2 Å². The van der Waals surface area contributed by atoms with Gasteiger partial charge in [-0.05, 0) is 119 Å². The first-order valence-electron chi connectivity index (χ1n) is 27.5. The third-order valence-corrected chi connectivity index (χ3v) is 13.5. The Morgan fingerprint density at radius 1 is 0.293 bits per heavy atom. The van der Waals surface area contributed by atoms with Gasteiger partial charge < -0.3 is 99.5 Å². The maximum absolute atomic E-state index is 14.5. The molecule has 0 N–H and O–H groups in total. The summed E-state index contributed by atoms with van der Waals surface area (Å²) in [6.07, 6.45) is 2.03. The highest BCUT2D eigenvalue weighted by atomic mass is 16.7. The van der Waals surface area contributed by atoms with Gasteiger partial charge in [-0.25, -0.2) is 24.0 Å². The van der Waals surface area contributed by atoms with Crippen molar-refractivity contribution in [2.24, 2.45) is 0 Å². The molecule has 0 spiro atoms. The maximum Gasteiger partial charge on any atom is 0.333 e. The molecule has 0 radical (unpaired) electrons. The van der Waals surface area contributed by atoms with Crippen LogP contribution >= 0.6 is 0 Å². The number of benzene rings is 5. The van der Waals surface area contributed by atoms with Crippen molar-refractivity contribution in [3.8, 4) is 86.2 Å². The van der Waals surface area contributed by atoms with E-state index in [4.69, 9.17) is 99.5 Å². The molecule has 5 aromatic rings. The molecule has 92 heavy (non-hydrogen) atoms. The van der Waals surface area contributed by atoms with E-state index < -0.39 is 67.2 Å². The molecule has 1 heterocycles. The largest absolute Gasteiger partial charge is 0.493 e. The Morgan fingerprint density at radius 3 is 0.750 bits per heavy atom. The van der Waals surface area contributed by atoms with Crippen LogP contribution in [0.2, 0.25) is 0 Å². The van der Waals surface area contributed by atoms with Crippen molar-refractivity contribution in [2.75, 3.05) is 113 Å². The van der Waals surface area contributed by atoms with E-state index in [0.29, 0.717) is 33.6 Å². The Morgan fingerprint density at radius 2 is 0.511 bits per heavy atom. The van der Waals surface area contributed by atoms with E-state index in [1.54, 1.807) is 36.4 Å². The van der Waals surface area contributed by atoms with Gasteiger partial charge in [0.2, 0.25) is 41.1 Å². The molecule has 1 aliphatic heterocycles. The fraction of sp³-hybridized carbons (Fsp3) is 0.318. The summed E-state index contributed by atoms with van der Waals surface area (Å²) < 4.78 is 119. The average Bonchev–Trinajstić information content (AvgIpc) is 0.853. The van der Waals surface area contributed by atoms with E-state index in [0.717, 1.165) is 30.4 Å². The maximum atomic E-state index is 14.5. The van der Waals surface area contributed by atoms with Gasteiger partial charge in [0, 0.05) is 30.4 Å². The molecule has 0 amide bonds. The molecule has 0 bridgehead atoms. The molecule has 0 saturated carbocycles. The first kappa shape index (κ1) is 70.2. The topological polar surface area (TPSA) is 279 Å². The molecule has 5 unspecified atom stereocenters. The number of methoxy groups -OCH3 is 15. The van der Waals surface area contributed by atoms with E-state index in [2.05, 4.69) is 0 Å². The molecule has 6 rings (SSSR count). The standard InChI is InChI=1S/C66H72O26/c1-72-42-26-37(27-43(73-2)58(42)82-11)16-21-53(67)87-36-52-63(89-54(68)22-17-38-28-44(74-3)59(83-12)45(29-38)75-4)64(90-55(69)23-18-39-30-46(76-5)60(84-13)47(31-39)77-6)65(91-56(70)24-19-40-32-48(78-7)61(85-14)49(33-40)79-8)66(88-52)92-57(71)25-20-41-34-50(80-9)62(86-15)51(35-41)81-10/h16-35,52,63-66H,36H2,1-15H3. The fourth-order valence-corrected chi connectivity index (χ4v) is 9.20. The molecule has 5 aromatic carbocycles. The lowest BCUT2D eigenvalue weighted by molar-refractivity contribution is -0.298. The summed E-state index contributed by atoms with van der Waals surface area (Å²) in [6, 6.07) is 15.5. The van der Waals surface area contributed by atoms with Crippen molar-refractivity contribution < 1.29 is 123 Å². The molecule has 26 heteroatoms. The molecule has 1 aliphatic rings. The normalized spacial score (nSPS) is 16.1. The van der Waals surface area contributed by atoms with E-state index in [9.17, 15) is 24.0 Å². The van der Waals surface area contributed by atoms with Crippen LogP contribution in [0.3, 0.4) is 0 Å². The summed E-state index contributed by atoms with van der Waals surface area (Å²) in [7, 11) is 21.2. The summed E-state index contributed by atoms with van der Waals surface area (Å²) >= 11 is 0. The second-order valence-corrected chi connectivity index (χ2v) is 18.8. The van der Waals surface area contributed by atoms with Crippen LogP contribution in [-0.4, -0.2) is 174 Å². The van der Waals surface area contributed by atoms with Crippen LogP contribution in [-0.2, 0) is 52.4 Å². The second-order valence-electron chi connectivity index (χ2n) is 18.8. The van der Waals surface area contributed by atoms with Crippen molar-refractivity contribution in [3.63, 3.8) is 0 Å². The number of esters is 5. The Hall–Kier alpha value is -10.9. The number of carbonyl (C=O) groups is 5. The van der Waals surface area contributed by atoms with Crippen LogP contribution < -0.4 is 71.1 Å². The minimum atomic E-state index is -2.08. The molecule has 26 nitrogen and oxygen atoms in total. The third-order valence-electron chi connectivity index (χ3n) is 13.5. The molecule has 1 fully saturated rings. The smallest absolute Gasteiger partial charge is 0.333 e. The molecular formula is C66H72O26. The van der Waals surface area contributed by atoms with Gasteiger partial charge in [0.15, 0.2) is 69.7 Å². The SMILES string of the molecule is COc1cc(C=CC(=O)OCC2OC(OC(=O)C=Cc3cc(OC)c(OC)c(OC)c3)C(OC(=O)C=Cc3cc(OC)c(OC)c(OC)c3)C(OC(=O)C=Cc3cc(OC)c(OC)c(OC)c3)C2OC(=O)C=Cc2cc(OC)c(OC)c(OC)c2)cc(OC)c1OC. The average molecular weight is 1280 g/mol. The van der Waals surface area contributed by atoms with E-state index in [-0.39, 0.29) is 80.5 Å². The zero-order valence-corrected chi connectivity index (χ0v) is 53.3. The Kier molecular flexibility index (Phi) is 26.1. The van der Waals surface area contributed by atoms with Crippen molar-refractivity contribution in [2.45, 2.75) is 30.7 Å². The molecule has 0 aliphatic carbocycles. The number of hydrogen-bond donors (Lipinski definition) is 0. The second kappa shape index (κ2) is 34.2. The van der Waals surface area contributed by atoms with Crippen LogP contribution in [0.4, 0.5) is 0 Å². The van der Waals surface area contributed by atoms with Gasteiger partial charge >= 0.3 is 29.8 Å². The molecule has 0 aromatic heterocycles. The van der Waals surface area contributed by atoms with Crippen LogP contribution in [0, 0.1) is 0 Å². The van der Waals surface area contributed by atoms with Crippen molar-refractivity contribution in [1.82, 2.24) is 0 Å². The van der Waals surface area contributed by atoms with E-state index >= 15 is 0 Å². The minimum absolute atomic E-state index is 0.238. The highest BCUT2D eigenvalue weighted by Gasteiger charge is 2.54. The number of ether oxygens (including phenoxy) is 21. The molecular weight excluding hydrogens is 1210 g/mol. The predicted octanol–water partition coefficient (Wildman–Crippen LogP) is 8.23. The Bertz CT molecular complexity index is 3440. The lowest BCUT2D eigenvalue weighted by atomic mass is 9.98. The van der Waals surface area contributed by atoms with Crippen LogP contribution in [0.1, 0.15) is 27.8 Å². The van der Waals surface area contributed by atoms with Crippen molar-refractivity contribution in [3.05, 3.63) is 119 Å². The summed E-state index contributed by atoms with van der Waals surface area (Å²) in [4.78, 5) is 71.4. The number of hydrogen-bond acceptors (Lipinski definition) is 26. The van der Waals surface area contributed by atoms with Gasteiger partial charge in [-0.3, -0.25) is 0 Å². The summed E-state index contributed by atoms with van der Waals surface area (Å²) in [5, 5.41) is 0. The monoisotopic (exact) mass is 1280 g/mol. The van der Waals surface area contributed by atoms with Gasteiger partial charge in [0.1, 0.15) is 12.7 Å². The highest BCUT2D eigenvalue weighted by Crippen LogP contribution is 2.43. The predicted molar refractivity (Wildman–Crippen MR) is 331 cm³/mol.